The molecule has 1 aliphatic heterocycles. The van der Waals surface area contributed by atoms with Crippen LogP contribution in [-0.2, 0) is 20.7 Å². The minimum absolute atomic E-state index is 0.123. The molecule has 2 aromatic carbocycles. The molecule has 3 rings (SSSR count). The lowest BCUT2D eigenvalue weighted by atomic mass is 9.96. The van der Waals surface area contributed by atoms with Crippen molar-refractivity contribution in [1.82, 2.24) is 10.2 Å². The summed E-state index contributed by atoms with van der Waals surface area (Å²) in [6.45, 7) is 2.77. The Hall–Kier alpha value is -3.75. The molecule has 0 bridgehead atoms. The van der Waals surface area contributed by atoms with Crippen LogP contribution in [0, 0.1) is 16.0 Å². The molecule has 1 heterocycles. The van der Waals surface area contributed by atoms with Gasteiger partial charge in [-0.1, -0.05) is 30.3 Å². The molecule has 0 spiro atoms. The van der Waals surface area contributed by atoms with E-state index in [1.807, 2.05) is 30.3 Å². The molecule has 1 aliphatic rings. The smallest absolute Gasteiger partial charge is 0.310 e. The Morgan fingerprint density at radius 3 is 2.48 bits per heavy atom. The van der Waals surface area contributed by atoms with Crippen LogP contribution in [0.25, 0.3) is 0 Å². The summed E-state index contributed by atoms with van der Waals surface area (Å²) in [4.78, 5) is 50.4. The molecule has 33 heavy (non-hydrogen) atoms. The molecule has 0 aliphatic carbocycles. The van der Waals surface area contributed by atoms with Gasteiger partial charge in [0.1, 0.15) is 6.04 Å². The van der Waals surface area contributed by atoms with Gasteiger partial charge >= 0.3 is 5.97 Å². The molecule has 1 saturated heterocycles. The van der Waals surface area contributed by atoms with Crippen LogP contribution in [0.2, 0.25) is 0 Å². The molecule has 1 N–H and O–H groups in total. The number of rotatable bonds is 8. The fourth-order valence-corrected chi connectivity index (χ4v) is 3.88. The van der Waals surface area contributed by atoms with Crippen molar-refractivity contribution in [2.75, 3.05) is 19.7 Å². The van der Waals surface area contributed by atoms with E-state index >= 15 is 0 Å². The van der Waals surface area contributed by atoms with E-state index < -0.39 is 16.9 Å². The van der Waals surface area contributed by atoms with E-state index in [-0.39, 0.29) is 48.6 Å². The van der Waals surface area contributed by atoms with Crippen molar-refractivity contribution in [3.8, 4) is 0 Å². The average Bonchev–Trinajstić information content (AvgIpc) is 2.84. The maximum atomic E-state index is 13.4. The number of nitrogens with zero attached hydrogens (tertiary/aromatic N) is 2. The molecule has 1 fully saturated rings. The predicted octanol–water partition coefficient (Wildman–Crippen LogP) is 2.74. The van der Waals surface area contributed by atoms with E-state index in [0.717, 1.165) is 5.56 Å². The highest BCUT2D eigenvalue weighted by atomic mass is 16.6. The highest BCUT2D eigenvalue weighted by Gasteiger charge is 2.33. The van der Waals surface area contributed by atoms with Crippen LogP contribution < -0.4 is 5.32 Å². The summed E-state index contributed by atoms with van der Waals surface area (Å²) < 4.78 is 5.12. The Balaban J connectivity index is 1.77. The van der Waals surface area contributed by atoms with Gasteiger partial charge in [0.05, 0.1) is 17.4 Å². The Morgan fingerprint density at radius 2 is 1.85 bits per heavy atom. The summed E-state index contributed by atoms with van der Waals surface area (Å²) in [6.07, 6.45) is 1.60. The lowest BCUT2D eigenvalue weighted by Gasteiger charge is -2.34. The van der Waals surface area contributed by atoms with Crippen LogP contribution in [0.15, 0.2) is 54.6 Å². The van der Waals surface area contributed by atoms with Gasteiger partial charge < -0.3 is 15.0 Å². The van der Waals surface area contributed by atoms with Crippen molar-refractivity contribution in [3.05, 3.63) is 75.8 Å². The van der Waals surface area contributed by atoms with Gasteiger partial charge in [0.2, 0.25) is 5.91 Å². The standard InChI is InChI=1S/C24H27N3O6/c1-2-33-24(30)19-9-6-14-26(16-19)23(29)21(15-17-7-4-3-5-8-17)25-22(28)18-10-12-20(13-11-18)27(31)32/h3-5,7-8,10-13,19,21H,2,6,9,14-16H2,1H3,(H,25,28). The molecular formula is C24H27N3O6. The number of likely N-dealkylation sites (tertiary alicyclic amines) is 1. The first-order valence-electron chi connectivity index (χ1n) is 10.9. The highest BCUT2D eigenvalue weighted by Crippen LogP contribution is 2.20. The second-order valence-corrected chi connectivity index (χ2v) is 7.90. The van der Waals surface area contributed by atoms with Crippen LogP contribution in [0.5, 0.6) is 0 Å². The first-order valence-corrected chi connectivity index (χ1v) is 10.9. The van der Waals surface area contributed by atoms with Gasteiger partial charge in [-0.15, -0.1) is 0 Å². The topological polar surface area (TPSA) is 119 Å². The molecule has 0 radical (unpaired) electrons. The number of hydrogen-bond acceptors (Lipinski definition) is 6. The SMILES string of the molecule is CCOC(=O)C1CCCN(C(=O)C(Cc2ccccc2)NC(=O)c2ccc([N+](=O)[O-])cc2)C1. The number of non-ortho nitro benzene ring substituents is 1. The number of nitro benzene ring substituents is 1. The van der Waals surface area contributed by atoms with Gasteiger partial charge in [-0.25, -0.2) is 0 Å². The fourth-order valence-electron chi connectivity index (χ4n) is 3.88. The third kappa shape index (κ3) is 6.38. The number of carbonyl (C=O) groups excluding carboxylic acids is 3. The Kier molecular flexibility index (Phi) is 8.12. The zero-order valence-electron chi connectivity index (χ0n) is 18.4. The van der Waals surface area contributed by atoms with Gasteiger partial charge in [0.25, 0.3) is 11.6 Å². The van der Waals surface area contributed by atoms with Gasteiger partial charge in [0.15, 0.2) is 0 Å². The zero-order chi connectivity index (χ0) is 23.8. The van der Waals surface area contributed by atoms with Crippen LogP contribution >= 0.6 is 0 Å². The monoisotopic (exact) mass is 453 g/mol. The van der Waals surface area contributed by atoms with Crippen molar-refractivity contribution in [1.29, 1.82) is 0 Å². The maximum absolute atomic E-state index is 13.4. The normalized spacial score (nSPS) is 16.5. The van der Waals surface area contributed by atoms with Crippen LogP contribution in [0.3, 0.4) is 0 Å². The molecule has 174 valence electrons. The summed E-state index contributed by atoms with van der Waals surface area (Å²) >= 11 is 0. The molecular weight excluding hydrogens is 426 g/mol. The van der Waals surface area contributed by atoms with Gasteiger partial charge in [-0.3, -0.25) is 24.5 Å². The van der Waals surface area contributed by atoms with Crippen molar-refractivity contribution < 1.29 is 24.0 Å². The van der Waals surface area contributed by atoms with E-state index in [9.17, 15) is 24.5 Å². The van der Waals surface area contributed by atoms with Crippen molar-refractivity contribution in [2.45, 2.75) is 32.2 Å². The molecule has 2 amide bonds. The predicted molar refractivity (Wildman–Crippen MR) is 120 cm³/mol. The number of nitro groups is 1. The van der Waals surface area contributed by atoms with E-state index in [1.165, 1.54) is 24.3 Å². The van der Waals surface area contributed by atoms with E-state index in [4.69, 9.17) is 4.74 Å². The second-order valence-electron chi connectivity index (χ2n) is 7.90. The summed E-state index contributed by atoms with van der Waals surface area (Å²) in [6, 6.07) is 13.7. The molecule has 9 nitrogen and oxygen atoms in total. The highest BCUT2D eigenvalue weighted by molar-refractivity contribution is 5.97. The summed E-state index contributed by atoms with van der Waals surface area (Å²) in [5, 5.41) is 13.6. The van der Waals surface area contributed by atoms with Crippen molar-refractivity contribution in [2.24, 2.45) is 5.92 Å². The number of esters is 1. The largest absolute Gasteiger partial charge is 0.466 e. The number of ether oxygens (including phenoxy) is 1. The van der Waals surface area contributed by atoms with Gasteiger partial charge in [-0.2, -0.15) is 0 Å². The molecule has 0 aromatic heterocycles. The van der Waals surface area contributed by atoms with Crippen molar-refractivity contribution in [3.63, 3.8) is 0 Å². The molecule has 9 heteroatoms. The number of carbonyl (C=O) groups is 3. The van der Waals surface area contributed by atoms with Crippen molar-refractivity contribution >= 4 is 23.5 Å². The molecule has 2 atom stereocenters. The maximum Gasteiger partial charge on any atom is 0.310 e. The van der Waals surface area contributed by atoms with E-state index in [0.29, 0.717) is 19.4 Å². The number of nitrogens with one attached hydrogen (secondary N) is 1. The zero-order valence-corrected chi connectivity index (χ0v) is 18.4. The number of benzene rings is 2. The summed E-state index contributed by atoms with van der Waals surface area (Å²) in [5.41, 5.74) is 0.968. The first-order chi connectivity index (χ1) is 15.9. The summed E-state index contributed by atoms with van der Waals surface area (Å²) in [5.74, 6) is -1.48. The Morgan fingerprint density at radius 1 is 1.15 bits per heavy atom. The number of amides is 2. The number of hydrogen-bond donors (Lipinski definition) is 1. The van der Waals surface area contributed by atoms with Crippen LogP contribution in [0.1, 0.15) is 35.7 Å². The molecule has 2 aromatic rings. The third-order valence-corrected chi connectivity index (χ3v) is 5.58. The van der Waals surface area contributed by atoms with E-state index in [1.54, 1.807) is 11.8 Å². The molecule has 2 unspecified atom stereocenters. The molecule has 0 saturated carbocycles. The fraction of sp³-hybridized carbons (Fsp3) is 0.375. The Bertz CT molecular complexity index is 993. The van der Waals surface area contributed by atoms with E-state index in [2.05, 4.69) is 5.32 Å². The lowest BCUT2D eigenvalue weighted by molar-refractivity contribution is -0.384. The van der Waals surface area contributed by atoms with Gasteiger partial charge in [0, 0.05) is 37.2 Å². The average molecular weight is 453 g/mol. The minimum atomic E-state index is -0.851. The van der Waals surface area contributed by atoms with Crippen LogP contribution in [0.4, 0.5) is 5.69 Å². The lowest BCUT2D eigenvalue weighted by Crippen LogP contribution is -2.53. The quantitative estimate of drug-likeness (QED) is 0.373. The first kappa shape index (κ1) is 23.9. The summed E-state index contributed by atoms with van der Waals surface area (Å²) in [7, 11) is 0. The number of piperidine rings is 1. The Labute approximate surface area is 191 Å². The third-order valence-electron chi connectivity index (χ3n) is 5.58. The minimum Gasteiger partial charge on any atom is -0.466 e. The van der Waals surface area contributed by atoms with Gasteiger partial charge in [-0.05, 0) is 37.5 Å². The second kappa shape index (κ2) is 11.2. The van der Waals surface area contributed by atoms with Crippen LogP contribution in [-0.4, -0.2) is 53.3 Å².